The Kier molecular flexibility index (Phi) is 8.64. The molecule has 5 rings (SSSR count). The Hall–Kier alpha value is -4.03. The quantitative estimate of drug-likeness (QED) is 0.164. The number of carbonyl (C=O) groups excluding carboxylic acids is 2. The number of morpholine rings is 1. The minimum atomic E-state index is -0.478. The first-order valence-electron chi connectivity index (χ1n) is 12.7. The first-order chi connectivity index (χ1) is 19.0. The van der Waals surface area contributed by atoms with Crippen LogP contribution in [0.5, 0.6) is 5.75 Å². The van der Waals surface area contributed by atoms with Crippen molar-refractivity contribution >= 4 is 44.4 Å². The van der Waals surface area contributed by atoms with Crippen molar-refractivity contribution in [3.63, 3.8) is 0 Å². The molecule has 1 aliphatic rings. The molecule has 0 bridgehead atoms. The molecular weight excluding hydrogens is 516 g/mol. The molecule has 0 aliphatic carbocycles. The van der Waals surface area contributed by atoms with Crippen LogP contribution >= 0.6 is 11.3 Å². The number of carbonyl (C=O) groups is 2. The molecule has 0 unspecified atom stereocenters. The number of hydrogen-bond acceptors (Lipinski definition) is 9. The minimum Gasteiger partial charge on any atom is -0.410 e. The molecule has 2 amide bonds. The summed E-state index contributed by atoms with van der Waals surface area (Å²) in [6.45, 7) is 5.03. The predicted molar refractivity (Wildman–Crippen MR) is 152 cm³/mol. The molecule has 0 spiro atoms. The number of hydrogen-bond donors (Lipinski definition) is 3. The van der Waals surface area contributed by atoms with Crippen molar-refractivity contribution in [2.45, 2.75) is 6.54 Å². The lowest BCUT2D eigenvalue weighted by atomic mass is 10.1. The molecule has 39 heavy (non-hydrogen) atoms. The summed E-state index contributed by atoms with van der Waals surface area (Å²) in [5.74, 6) is 6.18. The molecule has 1 fully saturated rings. The molecule has 0 saturated carbocycles. The Labute approximate surface area is 230 Å². The SMILES string of the molecule is NN(C(=O)c1ccc(CNc2nc3ccc(OC(=O)NCCN4CCOCC4)cc3s2)cc1)c1ccccc1. The fraction of sp³-hybridized carbons (Fsp3) is 0.250. The van der Waals surface area contributed by atoms with Crippen LogP contribution in [0.15, 0.2) is 72.8 Å². The van der Waals surface area contributed by atoms with Crippen molar-refractivity contribution < 1.29 is 19.1 Å². The Morgan fingerprint density at radius 3 is 2.59 bits per heavy atom. The highest BCUT2D eigenvalue weighted by molar-refractivity contribution is 7.22. The third-order valence-corrected chi connectivity index (χ3v) is 7.25. The first-order valence-corrected chi connectivity index (χ1v) is 13.5. The highest BCUT2D eigenvalue weighted by Crippen LogP contribution is 2.29. The molecule has 3 aromatic carbocycles. The number of ether oxygens (including phenoxy) is 2. The van der Waals surface area contributed by atoms with Gasteiger partial charge in [-0.05, 0) is 42.0 Å². The van der Waals surface area contributed by atoms with Crippen molar-refractivity contribution in [2.75, 3.05) is 49.7 Å². The van der Waals surface area contributed by atoms with Crippen molar-refractivity contribution in [1.82, 2.24) is 15.2 Å². The highest BCUT2D eigenvalue weighted by atomic mass is 32.1. The van der Waals surface area contributed by atoms with Gasteiger partial charge in [-0.25, -0.2) is 20.6 Å². The van der Waals surface area contributed by atoms with Crippen molar-refractivity contribution in [1.29, 1.82) is 0 Å². The second-order valence-electron chi connectivity index (χ2n) is 8.98. The number of nitrogens with zero attached hydrogens (tertiary/aromatic N) is 3. The number of aromatic nitrogens is 1. The van der Waals surface area contributed by atoms with E-state index in [9.17, 15) is 9.59 Å². The van der Waals surface area contributed by atoms with E-state index < -0.39 is 6.09 Å². The van der Waals surface area contributed by atoms with Gasteiger partial charge in [0.05, 0.1) is 29.1 Å². The van der Waals surface area contributed by atoms with E-state index in [-0.39, 0.29) is 5.91 Å². The van der Waals surface area contributed by atoms with E-state index in [2.05, 4.69) is 20.5 Å². The van der Waals surface area contributed by atoms with E-state index >= 15 is 0 Å². The summed E-state index contributed by atoms with van der Waals surface area (Å²) in [7, 11) is 0. The molecule has 1 aliphatic heterocycles. The minimum absolute atomic E-state index is 0.282. The van der Waals surface area contributed by atoms with Gasteiger partial charge in [0.1, 0.15) is 5.75 Å². The van der Waals surface area contributed by atoms with Crippen LogP contribution in [0.2, 0.25) is 0 Å². The maximum Gasteiger partial charge on any atom is 0.412 e. The van der Waals surface area contributed by atoms with Crippen LogP contribution in [0.25, 0.3) is 10.2 Å². The fourth-order valence-corrected chi connectivity index (χ4v) is 5.01. The number of para-hydroxylation sites is 1. The van der Waals surface area contributed by atoms with Gasteiger partial charge < -0.3 is 20.1 Å². The summed E-state index contributed by atoms with van der Waals surface area (Å²) < 4.78 is 11.7. The highest BCUT2D eigenvalue weighted by Gasteiger charge is 2.15. The summed E-state index contributed by atoms with van der Waals surface area (Å²) in [6, 6.07) is 21.8. The number of rotatable bonds is 9. The van der Waals surface area contributed by atoms with Gasteiger partial charge in [0.25, 0.3) is 5.91 Å². The molecule has 4 N–H and O–H groups in total. The third kappa shape index (κ3) is 7.09. The number of fused-ring (bicyclic) bond motifs is 1. The average Bonchev–Trinajstić information content (AvgIpc) is 3.39. The third-order valence-electron chi connectivity index (χ3n) is 6.27. The molecule has 1 saturated heterocycles. The largest absolute Gasteiger partial charge is 0.412 e. The Balaban J connectivity index is 1.11. The summed E-state index contributed by atoms with van der Waals surface area (Å²) in [4.78, 5) is 31.7. The molecule has 1 aromatic heterocycles. The molecule has 11 heteroatoms. The van der Waals surface area contributed by atoms with Crippen LogP contribution in [0, 0.1) is 0 Å². The Bertz CT molecular complexity index is 1410. The number of amides is 2. The van der Waals surface area contributed by atoms with E-state index in [0.29, 0.717) is 30.1 Å². The molecule has 2 heterocycles. The Morgan fingerprint density at radius 2 is 1.82 bits per heavy atom. The van der Waals surface area contributed by atoms with E-state index in [1.54, 1.807) is 30.3 Å². The molecule has 0 atom stereocenters. The zero-order valence-electron chi connectivity index (χ0n) is 21.3. The molecule has 202 valence electrons. The summed E-state index contributed by atoms with van der Waals surface area (Å²) in [5, 5.41) is 8.00. The van der Waals surface area contributed by atoms with Gasteiger partial charge in [0.2, 0.25) is 0 Å². The van der Waals surface area contributed by atoms with E-state index in [4.69, 9.17) is 15.3 Å². The van der Waals surface area contributed by atoms with Gasteiger partial charge in [-0.2, -0.15) is 0 Å². The van der Waals surface area contributed by atoms with Crippen molar-refractivity contribution in [3.05, 3.63) is 83.9 Å². The second-order valence-corrected chi connectivity index (χ2v) is 10.0. The lowest BCUT2D eigenvalue weighted by molar-refractivity contribution is 0.0385. The van der Waals surface area contributed by atoms with Gasteiger partial charge >= 0.3 is 6.09 Å². The lowest BCUT2D eigenvalue weighted by Gasteiger charge is -2.26. The number of hydrazine groups is 1. The van der Waals surface area contributed by atoms with Crippen LogP contribution < -0.4 is 26.2 Å². The summed E-state index contributed by atoms with van der Waals surface area (Å²) >= 11 is 1.47. The van der Waals surface area contributed by atoms with Crippen LogP contribution in [0.4, 0.5) is 15.6 Å². The van der Waals surface area contributed by atoms with Crippen LogP contribution in [-0.4, -0.2) is 61.3 Å². The van der Waals surface area contributed by atoms with Gasteiger partial charge in [-0.1, -0.05) is 41.7 Å². The number of benzene rings is 3. The van der Waals surface area contributed by atoms with Crippen molar-refractivity contribution in [3.8, 4) is 5.75 Å². The molecular formula is C28H30N6O4S. The molecule has 10 nitrogen and oxygen atoms in total. The fourth-order valence-electron chi connectivity index (χ4n) is 4.12. The van der Waals surface area contributed by atoms with Gasteiger partial charge in [0.15, 0.2) is 5.13 Å². The van der Waals surface area contributed by atoms with Gasteiger partial charge in [-0.3, -0.25) is 9.69 Å². The molecule has 0 radical (unpaired) electrons. The topological polar surface area (TPSA) is 122 Å². The van der Waals surface area contributed by atoms with Gasteiger partial charge in [-0.15, -0.1) is 0 Å². The number of nitrogens with two attached hydrogens (primary N) is 1. The zero-order chi connectivity index (χ0) is 27.0. The van der Waals surface area contributed by atoms with Crippen LogP contribution in [0.3, 0.4) is 0 Å². The van der Waals surface area contributed by atoms with Crippen LogP contribution in [0.1, 0.15) is 15.9 Å². The first kappa shape index (κ1) is 26.6. The maximum atomic E-state index is 12.7. The van der Waals surface area contributed by atoms with Gasteiger partial charge in [0, 0.05) is 44.4 Å². The molecule has 4 aromatic rings. The average molecular weight is 547 g/mol. The summed E-state index contributed by atoms with van der Waals surface area (Å²) in [6.07, 6.45) is -0.478. The standard InChI is InChI=1S/C28H30N6O4S/c29-34(22-4-2-1-3-5-22)26(35)21-8-6-20(7-9-21)19-31-27-32-24-11-10-23(18-25(24)39-27)38-28(36)30-12-13-33-14-16-37-17-15-33/h1-11,18H,12-17,19,29H2,(H,30,36)(H,31,32). The Morgan fingerprint density at radius 1 is 1.05 bits per heavy atom. The zero-order valence-corrected chi connectivity index (χ0v) is 22.2. The smallest absolute Gasteiger partial charge is 0.410 e. The predicted octanol–water partition coefficient (Wildman–Crippen LogP) is 3.85. The van der Waals surface area contributed by atoms with E-state index in [1.165, 1.54) is 11.3 Å². The number of thiazole rings is 1. The van der Waals surface area contributed by atoms with E-state index in [0.717, 1.165) is 58.8 Å². The maximum absolute atomic E-state index is 12.7. The van der Waals surface area contributed by atoms with E-state index in [1.807, 2.05) is 42.5 Å². The van der Waals surface area contributed by atoms with Crippen LogP contribution in [-0.2, 0) is 11.3 Å². The normalized spacial score (nSPS) is 13.7. The second kappa shape index (κ2) is 12.7. The monoisotopic (exact) mass is 546 g/mol. The number of nitrogens with one attached hydrogen (secondary N) is 2. The number of anilines is 2. The summed E-state index contributed by atoms with van der Waals surface area (Å²) in [5.41, 5.74) is 2.93. The van der Waals surface area contributed by atoms with Crippen molar-refractivity contribution in [2.24, 2.45) is 5.84 Å². The lowest BCUT2D eigenvalue weighted by Crippen LogP contribution is -2.41.